The van der Waals surface area contributed by atoms with Crippen LogP contribution in [0.5, 0.6) is 0 Å². The standard InChI is InChI=1S/C108H84BN3O2/c1-106(2,3)75-60-85(73-39-27-37-70(57-73)67-31-13-10-14-32-67)104(87(62-75)81-45-29-51-99-101(81)83-43-21-25-49-97(83)113-99)111-93-59-72(69-35-17-12-18-36-69)53-55-89(93)109-90-56-54-78(110-91-47-23-19-41-79(91)80-42-20-24-48-92(80)110)66-94(90)112(96-65-77(108(7,8)9)64-95(111)103(96)109)105-86(74-40-28-38-71(58-74)68-33-15-11-16-34-68)61-76(107(4,5)6)63-88(105)82-46-30-52-100-102(82)84-44-22-26-50-98(84)114-100/h10-66H,1-9H3/i12D,17D,18D,19D,20D,23D,24D,35D,36D,41D,42D,47D,48D. The summed E-state index contributed by atoms with van der Waals surface area (Å²) < 4.78 is 140. The highest BCUT2D eigenvalue weighted by atomic mass is 16.3. The second-order valence-electron chi connectivity index (χ2n) is 33.4. The lowest BCUT2D eigenvalue weighted by atomic mass is 9.33. The van der Waals surface area contributed by atoms with Crippen molar-refractivity contribution in [3.8, 4) is 83.6 Å². The summed E-state index contributed by atoms with van der Waals surface area (Å²) >= 11 is 0. The molecule has 5 heterocycles. The molecule has 16 aromatic carbocycles. The second-order valence-corrected chi connectivity index (χ2v) is 33.4. The molecule has 0 N–H and O–H groups in total. The van der Waals surface area contributed by atoms with E-state index in [0.717, 1.165) is 144 Å². The number of hydrogen-bond acceptors (Lipinski definition) is 4. The zero-order chi connectivity index (χ0) is 88.4. The topological polar surface area (TPSA) is 37.7 Å². The van der Waals surface area contributed by atoms with Crippen molar-refractivity contribution in [2.45, 2.75) is 78.6 Å². The predicted octanol–water partition coefficient (Wildman–Crippen LogP) is 28.2. The summed E-state index contributed by atoms with van der Waals surface area (Å²) in [6.45, 7) is 19.3. The zero-order valence-corrected chi connectivity index (χ0v) is 64.6. The van der Waals surface area contributed by atoms with Crippen molar-refractivity contribution < 1.29 is 26.7 Å². The van der Waals surface area contributed by atoms with Gasteiger partial charge in [-0.2, -0.15) is 0 Å². The normalized spacial score (nSPS) is 14.5. The van der Waals surface area contributed by atoms with Gasteiger partial charge in [0, 0.05) is 83.0 Å². The summed E-state index contributed by atoms with van der Waals surface area (Å²) in [4.78, 5) is 4.79. The van der Waals surface area contributed by atoms with Crippen LogP contribution in [0.4, 0.5) is 34.1 Å². The van der Waals surface area contributed by atoms with E-state index in [2.05, 4.69) is 224 Å². The van der Waals surface area contributed by atoms with Gasteiger partial charge in [0.2, 0.25) is 0 Å². The molecule has 546 valence electrons. The maximum absolute atomic E-state index is 10.0. The molecule has 0 saturated heterocycles. The monoisotopic (exact) mass is 1480 g/mol. The van der Waals surface area contributed by atoms with Crippen molar-refractivity contribution in [3.05, 3.63) is 362 Å². The average molecular weight is 1480 g/mol. The molecule has 0 saturated carbocycles. The maximum atomic E-state index is 10.0. The highest BCUT2D eigenvalue weighted by molar-refractivity contribution is 7.00. The molecule has 0 amide bonds. The van der Waals surface area contributed by atoms with E-state index in [-0.39, 0.29) is 39.5 Å². The lowest BCUT2D eigenvalue weighted by Crippen LogP contribution is -2.61. The van der Waals surface area contributed by atoms with Crippen molar-refractivity contribution >= 4 is 123 Å². The fraction of sp³-hybridized carbons (Fsp3) is 0.111. The van der Waals surface area contributed by atoms with E-state index >= 15 is 0 Å². The van der Waals surface area contributed by atoms with Crippen LogP contribution in [0.1, 0.15) is 96.8 Å². The molecular weight excluding hydrogens is 1380 g/mol. The van der Waals surface area contributed by atoms with Gasteiger partial charge in [-0.25, -0.2) is 0 Å². The summed E-state index contributed by atoms with van der Waals surface area (Å²) in [7, 11) is 0. The molecule has 2 aliphatic heterocycles. The first-order chi connectivity index (χ1) is 60.8. The molecule has 0 aliphatic carbocycles. The molecule has 0 bridgehead atoms. The number of para-hydroxylation sites is 4. The van der Waals surface area contributed by atoms with Gasteiger partial charge in [-0.1, -0.05) is 305 Å². The van der Waals surface area contributed by atoms with E-state index in [0.29, 0.717) is 45.0 Å². The maximum Gasteiger partial charge on any atom is 0.252 e. The van der Waals surface area contributed by atoms with E-state index in [1.165, 1.54) is 0 Å². The Morgan fingerprint density at radius 3 is 1.18 bits per heavy atom. The number of aromatic nitrogens is 1. The van der Waals surface area contributed by atoms with Crippen LogP contribution in [0.25, 0.3) is 149 Å². The van der Waals surface area contributed by atoms with Gasteiger partial charge < -0.3 is 23.2 Å². The number of benzene rings is 16. The Bertz CT molecular complexity index is 7860. The number of anilines is 6. The zero-order valence-electron chi connectivity index (χ0n) is 77.6. The minimum absolute atomic E-state index is 0.00917. The number of furan rings is 2. The fourth-order valence-electron chi connectivity index (χ4n) is 17.7. The fourth-order valence-corrected chi connectivity index (χ4v) is 17.7. The molecule has 0 unspecified atom stereocenters. The van der Waals surface area contributed by atoms with Crippen LogP contribution in [-0.2, 0) is 16.2 Å². The molecule has 0 spiro atoms. The molecule has 5 nitrogen and oxygen atoms in total. The summed E-state index contributed by atoms with van der Waals surface area (Å²) in [5, 5.41) is 3.44. The van der Waals surface area contributed by atoms with Crippen molar-refractivity contribution in [3.63, 3.8) is 0 Å². The van der Waals surface area contributed by atoms with E-state index in [4.69, 9.17) is 10.2 Å². The Balaban J connectivity index is 0.994. The van der Waals surface area contributed by atoms with E-state index < -0.39 is 89.4 Å². The molecule has 0 atom stereocenters. The van der Waals surface area contributed by atoms with Gasteiger partial charge in [-0.05, 0) is 208 Å². The molecule has 2 aliphatic rings. The number of hydrogen-bond donors (Lipinski definition) is 0. The average Bonchev–Trinajstić information content (AvgIpc) is 1.63. The minimum atomic E-state index is -0.779. The Hall–Kier alpha value is -13.4. The largest absolute Gasteiger partial charge is 0.456 e. The Morgan fingerprint density at radius 2 is 0.675 bits per heavy atom. The quantitative estimate of drug-likeness (QED) is 0.128. The predicted molar refractivity (Wildman–Crippen MR) is 484 cm³/mol. The molecule has 19 aromatic rings. The van der Waals surface area contributed by atoms with Gasteiger partial charge in [-0.15, -0.1) is 0 Å². The Kier molecular flexibility index (Phi) is 12.8. The molecule has 3 aromatic heterocycles. The molecule has 114 heavy (non-hydrogen) atoms. The lowest BCUT2D eigenvalue weighted by Gasteiger charge is -2.47. The highest BCUT2D eigenvalue weighted by Gasteiger charge is 2.47. The van der Waals surface area contributed by atoms with Gasteiger partial charge in [-0.3, -0.25) is 0 Å². The van der Waals surface area contributed by atoms with Gasteiger partial charge in [0.25, 0.3) is 6.71 Å². The molecule has 6 heteroatoms. The third-order valence-electron chi connectivity index (χ3n) is 23.3. The van der Waals surface area contributed by atoms with Crippen LogP contribution >= 0.6 is 0 Å². The minimum Gasteiger partial charge on any atom is -0.456 e. The van der Waals surface area contributed by atoms with E-state index in [1.54, 1.807) is 4.57 Å². The molecule has 0 radical (unpaired) electrons. The van der Waals surface area contributed by atoms with Crippen LogP contribution in [0, 0.1) is 0 Å². The van der Waals surface area contributed by atoms with Gasteiger partial charge in [0.15, 0.2) is 0 Å². The first-order valence-corrected chi connectivity index (χ1v) is 39.0. The molecular formula is C108H84BN3O2. The summed E-state index contributed by atoms with van der Waals surface area (Å²) in [5.41, 5.74) is 22.1. The highest BCUT2D eigenvalue weighted by Crippen LogP contribution is 2.58. The first kappa shape index (κ1) is 55.9. The van der Waals surface area contributed by atoms with Gasteiger partial charge in [0.1, 0.15) is 22.3 Å². The summed E-state index contributed by atoms with van der Waals surface area (Å²) in [6.07, 6.45) is 0. The number of rotatable bonds is 10. The second kappa shape index (κ2) is 26.1. The smallest absolute Gasteiger partial charge is 0.252 e. The van der Waals surface area contributed by atoms with Crippen molar-refractivity contribution in [1.82, 2.24) is 4.57 Å². The van der Waals surface area contributed by atoms with Crippen LogP contribution in [0.2, 0.25) is 0 Å². The first-order valence-electron chi connectivity index (χ1n) is 45.5. The third kappa shape index (κ3) is 11.1. The van der Waals surface area contributed by atoms with Gasteiger partial charge in [0.05, 0.1) is 40.2 Å². The Labute approximate surface area is 684 Å². The molecule has 0 fully saturated rings. The van der Waals surface area contributed by atoms with Crippen LogP contribution < -0.4 is 26.2 Å². The van der Waals surface area contributed by atoms with Gasteiger partial charge >= 0.3 is 0 Å². The summed E-state index contributed by atoms with van der Waals surface area (Å²) in [5.74, 6) is 0. The van der Waals surface area contributed by atoms with Crippen molar-refractivity contribution in [2.24, 2.45) is 0 Å². The number of nitrogens with zero attached hydrogens (tertiary/aromatic N) is 3. The summed E-state index contributed by atoms with van der Waals surface area (Å²) in [6, 6.07) is 86.4. The van der Waals surface area contributed by atoms with Crippen LogP contribution in [-0.4, -0.2) is 11.3 Å². The van der Waals surface area contributed by atoms with Crippen LogP contribution in [0.3, 0.4) is 0 Å². The Morgan fingerprint density at radius 1 is 0.281 bits per heavy atom. The van der Waals surface area contributed by atoms with E-state index in [9.17, 15) is 16.4 Å². The SMILES string of the molecule is [2H]c1c([2H])c([2H])c(-c2ccc3c(c2)N(c2c(-c4cccc(-c5ccccc5)c4)cc(C(C)(C)C)cc2-c2cccc4oc5ccccc5c24)c2cc(C(C)(C)C)cc4c2B3c2ccc(-n3c5c([2H])c([2H])c([2H])c([2H])c5c5c([2H])c([2H])c([2H])c([2H])c53)cc2N4c2c(-c3cccc(-c4ccccc4)c3)cc(C(C)(C)C)cc2-c2cccc3oc4ccccc4c23)c([2H])c1[2H]. The lowest BCUT2D eigenvalue weighted by molar-refractivity contribution is 0.590. The third-order valence-corrected chi connectivity index (χ3v) is 23.3. The van der Waals surface area contributed by atoms with Crippen molar-refractivity contribution in [1.29, 1.82) is 0 Å². The van der Waals surface area contributed by atoms with Crippen LogP contribution in [0.15, 0.2) is 354 Å². The molecule has 21 rings (SSSR count). The number of fused-ring (bicyclic) bond motifs is 13. The van der Waals surface area contributed by atoms with Crippen molar-refractivity contribution in [2.75, 3.05) is 9.80 Å². The van der Waals surface area contributed by atoms with E-state index in [1.807, 2.05) is 115 Å².